The summed E-state index contributed by atoms with van der Waals surface area (Å²) in [6, 6.07) is 3.59. The second-order valence-electron chi connectivity index (χ2n) is 6.47. The lowest BCUT2D eigenvalue weighted by Crippen LogP contribution is -2.43. The second-order valence-corrected chi connectivity index (χ2v) is 6.88. The van der Waals surface area contributed by atoms with Gasteiger partial charge in [-0.25, -0.2) is 18.1 Å². The van der Waals surface area contributed by atoms with Gasteiger partial charge in [0.25, 0.3) is 11.8 Å². The van der Waals surface area contributed by atoms with E-state index in [0.717, 1.165) is 34.2 Å². The topological polar surface area (TPSA) is 94.4 Å². The fraction of sp³-hybridized carbons (Fsp3) is 0.167. The summed E-state index contributed by atoms with van der Waals surface area (Å²) in [5, 5.41) is 10.4. The Bertz CT molecular complexity index is 1110. The Morgan fingerprint density at radius 1 is 1.07 bits per heavy atom. The molecule has 4 rings (SSSR count). The van der Waals surface area contributed by atoms with E-state index in [2.05, 4.69) is 15.7 Å². The molecular weight excluding hydrogens is 427 g/mol. The van der Waals surface area contributed by atoms with Crippen LogP contribution in [0.1, 0.15) is 0 Å². The summed E-state index contributed by atoms with van der Waals surface area (Å²) in [4.78, 5) is 38.4. The number of halogens is 4. The lowest BCUT2D eigenvalue weighted by molar-refractivity contribution is -0.123. The molecular formula is C18H11ClF3N5O3. The third-order valence-electron chi connectivity index (χ3n) is 4.53. The molecule has 2 aromatic carbocycles. The Morgan fingerprint density at radius 3 is 2.53 bits per heavy atom. The minimum absolute atomic E-state index is 0.0544. The minimum Gasteiger partial charge on any atom is -0.322 e. The van der Waals surface area contributed by atoms with Crippen molar-refractivity contribution in [3.63, 3.8) is 0 Å². The number of carbonyl (C=O) groups excluding carboxylic acids is 3. The standard InChI is InChI=1S/C18H11ClF3N5O3/c19-10-6-9(2-3-11(10)21)27-17(29)15-16(18(27)30)26(25-24-15)7-14(28)23-13-4-1-8(20)5-12(13)22/h1-6,15-16H,7H2,(H,23,28)/t15-,16-/m1/s1. The number of carbonyl (C=O) groups is 3. The summed E-state index contributed by atoms with van der Waals surface area (Å²) < 4.78 is 40.1. The van der Waals surface area contributed by atoms with Gasteiger partial charge in [-0.15, -0.1) is 0 Å². The van der Waals surface area contributed by atoms with E-state index < -0.39 is 53.8 Å². The van der Waals surface area contributed by atoms with Crippen LogP contribution in [0.25, 0.3) is 0 Å². The second kappa shape index (κ2) is 7.41. The first kappa shape index (κ1) is 19.8. The highest BCUT2D eigenvalue weighted by Crippen LogP contribution is 2.33. The summed E-state index contributed by atoms with van der Waals surface area (Å²) in [5.74, 6) is -4.69. The Morgan fingerprint density at radius 2 is 1.83 bits per heavy atom. The molecule has 0 saturated carbocycles. The van der Waals surface area contributed by atoms with E-state index >= 15 is 0 Å². The van der Waals surface area contributed by atoms with Crippen molar-refractivity contribution in [1.82, 2.24) is 5.01 Å². The fourth-order valence-electron chi connectivity index (χ4n) is 3.16. The number of anilines is 2. The molecule has 12 heteroatoms. The molecule has 2 aliphatic heterocycles. The number of imide groups is 1. The average molecular weight is 438 g/mol. The molecule has 0 aromatic heterocycles. The number of rotatable bonds is 4. The first-order valence-corrected chi connectivity index (χ1v) is 8.89. The van der Waals surface area contributed by atoms with E-state index in [0.29, 0.717) is 6.07 Å². The highest BCUT2D eigenvalue weighted by molar-refractivity contribution is 6.32. The van der Waals surface area contributed by atoms with Gasteiger partial charge in [0.2, 0.25) is 5.91 Å². The molecule has 1 saturated heterocycles. The minimum atomic E-state index is -1.19. The summed E-state index contributed by atoms with van der Waals surface area (Å²) in [6.07, 6.45) is 0. The number of hydrogen-bond donors (Lipinski definition) is 1. The van der Waals surface area contributed by atoms with E-state index in [4.69, 9.17) is 11.6 Å². The maximum atomic E-state index is 13.7. The Hall–Kier alpha value is -3.47. The molecule has 3 amide bonds. The van der Waals surface area contributed by atoms with Crippen LogP contribution in [0.4, 0.5) is 24.5 Å². The maximum absolute atomic E-state index is 13.7. The van der Waals surface area contributed by atoms with Crippen molar-refractivity contribution >= 4 is 40.7 Å². The van der Waals surface area contributed by atoms with Gasteiger partial charge in [-0.3, -0.25) is 19.4 Å². The predicted molar refractivity (Wildman–Crippen MR) is 98.0 cm³/mol. The lowest BCUT2D eigenvalue weighted by atomic mass is 10.1. The summed E-state index contributed by atoms with van der Waals surface area (Å²) in [6.45, 7) is -0.515. The van der Waals surface area contributed by atoms with E-state index in [1.54, 1.807) is 0 Å². The molecule has 2 aromatic rings. The Kier molecular flexibility index (Phi) is 4.90. The number of nitrogens with zero attached hydrogens (tertiary/aromatic N) is 4. The smallest absolute Gasteiger partial charge is 0.263 e. The van der Waals surface area contributed by atoms with Crippen LogP contribution >= 0.6 is 11.6 Å². The van der Waals surface area contributed by atoms with Gasteiger partial charge in [-0.1, -0.05) is 16.8 Å². The average Bonchev–Trinajstić information content (AvgIpc) is 3.20. The van der Waals surface area contributed by atoms with Crippen molar-refractivity contribution in [2.75, 3.05) is 16.8 Å². The quantitative estimate of drug-likeness (QED) is 0.744. The molecule has 0 bridgehead atoms. The van der Waals surface area contributed by atoms with E-state index in [9.17, 15) is 27.6 Å². The summed E-state index contributed by atoms with van der Waals surface area (Å²) in [7, 11) is 0. The molecule has 0 spiro atoms. The van der Waals surface area contributed by atoms with Gasteiger partial charge in [-0.2, -0.15) is 5.11 Å². The largest absolute Gasteiger partial charge is 0.322 e. The first-order valence-electron chi connectivity index (χ1n) is 8.51. The third-order valence-corrected chi connectivity index (χ3v) is 4.82. The van der Waals surface area contributed by atoms with Crippen LogP contribution in [-0.4, -0.2) is 41.4 Å². The maximum Gasteiger partial charge on any atom is 0.263 e. The molecule has 0 aliphatic carbocycles. The SMILES string of the molecule is O=C(CN1N=N[C@H]2C(=O)N(c3ccc(F)c(Cl)c3)C(=O)[C@@H]21)Nc1ccc(F)cc1F. The zero-order valence-corrected chi connectivity index (χ0v) is 15.6. The van der Waals surface area contributed by atoms with Crippen LogP contribution in [-0.2, 0) is 14.4 Å². The monoisotopic (exact) mass is 437 g/mol. The highest BCUT2D eigenvalue weighted by Gasteiger charge is 2.55. The molecule has 8 nitrogen and oxygen atoms in total. The molecule has 2 aliphatic rings. The molecule has 1 N–H and O–H groups in total. The Balaban J connectivity index is 1.50. The highest BCUT2D eigenvalue weighted by atomic mass is 35.5. The predicted octanol–water partition coefficient (Wildman–Crippen LogP) is 2.69. The molecule has 0 radical (unpaired) electrons. The van der Waals surface area contributed by atoms with Gasteiger partial charge in [0, 0.05) is 6.07 Å². The molecule has 2 heterocycles. The number of benzene rings is 2. The van der Waals surface area contributed by atoms with Crippen LogP contribution < -0.4 is 10.2 Å². The van der Waals surface area contributed by atoms with Crippen LogP contribution in [0, 0.1) is 17.5 Å². The molecule has 1 fully saturated rings. The van der Waals surface area contributed by atoms with Crippen molar-refractivity contribution in [2.24, 2.45) is 10.3 Å². The number of nitrogens with one attached hydrogen (secondary N) is 1. The summed E-state index contributed by atoms with van der Waals surface area (Å²) >= 11 is 5.72. The molecule has 0 unspecified atom stereocenters. The number of hydrogen-bond acceptors (Lipinski definition) is 6. The van der Waals surface area contributed by atoms with E-state index in [1.807, 2.05) is 0 Å². The van der Waals surface area contributed by atoms with Gasteiger partial charge >= 0.3 is 0 Å². The van der Waals surface area contributed by atoms with Gasteiger partial charge in [0.1, 0.15) is 24.0 Å². The van der Waals surface area contributed by atoms with Crippen molar-refractivity contribution in [3.05, 3.63) is 58.9 Å². The van der Waals surface area contributed by atoms with Crippen molar-refractivity contribution in [3.8, 4) is 0 Å². The lowest BCUT2D eigenvalue weighted by Gasteiger charge is -2.20. The Labute approximate surface area is 171 Å². The van der Waals surface area contributed by atoms with Gasteiger partial charge in [0.15, 0.2) is 12.1 Å². The zero-order chi connectivity index (χ0) is 21.6. The van der Waals surface area contributed by atoms with Crippen LogP contribution in [0.5, 0.6) is 0 Å². The van der Waals surface area contributed by atoms with E-state index in [1.165, 1.54) is 6.07 Å². The number of fused-ring (bicyclic) bond motifs is 1. The van der Waals surface area contributed by atoms with E-state index in [-0.39, 0.29) is 16.4 Å². The zero-order valence-electron chi connectivity index (χ0n) is 14.9. The van der Waals surface area contributed by atoms with Gasteiger partial charge in [-0.05, 0) is 30.3 Å². The number of amides is 3. The van der Waals surface area contributed by atoms with Crippen molar-refractivity contribution < 1.29 is 27.6 Å². The molecule has 154 valence electrons. The van der Waals surface area contributed by atoms with Gasteiger partial charge < -0.3 is 5.32 Å². The van der Waals surface area contributed by atoms with Crippen LogP contribution in [0.3, 0.4) is 0 Å². The third kappa shape index (κ3) is 3.36. The summed E-state index contributed by atoms with van der Waals surface area (Å²) in [5.41, 5.74) is -0.204. The normalized spacial score (nSPS) is 20.1. The van der Waals surface area contributed by atoms with Gasteiger partial charge in [0.05, 0.1) is 16.4 Å². The molecule has 2 atom stereocenters. The van der Waals surface area contributed by atoms with Crippen LogP contribution in [0.15, 0.2) is 46.7 Å². The van der Waals surface area contributed by atoms with Crippen molar-refractivity contribution in [1.29, 1.82) is 0 Å². The fourth-order valence-corrected chi connectivity index (χ4v) is 3.33. The first-order chi connectivity index (χ1) is 14.3. The molecule has 30 heavy (non-hydrogen) atoms. The van der Waals surface area contributed by atoms with Crippen LogP contribution in [0.2, 0.25) is 5.02 Å². The van der Waals surface area contributed by atoms with Crippen molar-refractivity contribution in [2.45, 2.75) is 12.1 Å².